The van der Waals surface area contributed by atoms with Gasteiger partial charge in [-0.2, -0.15) is 0 Å². The molecule has 38 heavy (non-hydrogen) atoms. The van der Waals surface area contributed by atoms with E-state index in [0.717, 1.165) is 5.56 Å². The average Bonchev–Trinajstić information content (AvgIpc) is 3.25. The minimum Gasteiger partial charge on any atom is -0.457 e. The summed E-state index contributed by atoms with van der Waals surface area (Å²) >= 11 is 1.23. The number of aromatic nitrogens is 4. The highest BCUT2D eigenvalue weighted by atomic mass is 32.2. The highest BCUT2D eigenvalue weighted by Crippen LogP contribution is 2.35. The molecule has 0 aliphatic heterocycles. The summed E-state index contributed by atoms with van der Waals surface area (Å²) < 4.78 is 33.4. The van der Waals surface area contributed by atoms with Crippen LogP contribution in [0, 0.1) is 13.8 Å². The molecule has 0 bridgehead atoms. The van der Waals surface area contributed by atoms with Crippen LogP contribution in [0.2, 0.25) is 0 Å². The number of rotatable bonds is 8. The maximum absolute atomic E-state index is 12.8. The summed E-state index contributed by atoms with van der Waals surface area (Å²) in [5, 5.41) is 3.89. The molecule has 0 fully saturated rings. The molecule has 5 aromatic rings. The number of hydrogen-bond donors (Lipinski definition) is 2. The molecule has 0 saturated carbocycles. The number of esters is 1. The predicted octanol–water partition coefficient (Wildman–Crippen LogP) is 5.00. The van der Waals surface area contributed by atoms with Gasteiger partial charge in [-0.05, 0) is 55.3 Å². The largest absolute Gasteiger partial charge is 0.457 e. The lowest BCUT2D eigenvalue weighted by molar-refractivity contribution is 0.0478. The molecule has 5 rings (SSSR count). The van der Waals surface area contributed by atoms with E-state index in [1.54, 1.807) is 25.1 Å². The van der Waals surface area contributed by atoms with E-state index >= 15 is 0 Å². The van der Waals surface area contributed by atoms with Gasteiger partial charge in [-0.1, -0.05) is 30.3 Å². The van der Waals surface area contributed by atoms with Crippen LogP contribution in [0.1, 0.15) is 26.5 Å². The van der Waals surface area contributed by atoms with Gasteiger partial charge in [0.2, 0.25) is 5.95 Å². The van der Waals surface area contributed by atoms with Gasteiger partial charge in [0.15, 0.2) is 0 Å². The van der Waals surface area contributed by atoms with Crippen molar-refractivity contribution in [3.05, 3.63) is 94.9 Å². The number of benzene rings is 2. The number of nitrogens with one attached hydrogen (secondary N) is 2. The van der Waals surface area contributed by atoms with Crippen LogP contribution in [0.5, 0.6) is 0 Å². The molecular formula is C26H22N6O4S2. The number of carbonyl (C=O) groups excluding carboxylic acids is 1. The van der Waals surface area contributed by atoms with E-state index in [-0.39, 0.29) is 17.5 Å². The van der Waals surface area contributed by atoms with Crippen LogP contribution in [0.3, 0.4) is 0 Å². The number of hydrogen-bond acceptors (Lipinski definition) is 10. The molecular weight excluding hydrogens is 524 g/mol. The maximum Gasteiger partial charge on any atom is 0.349 e. The van der Waals surface area contributed by atoms with E-state index in [1.807, 2.05) is 37.3 Å². The second kappa shape index (κ2) is 10.5. The van der Waals surface area contributed by atoms with Crippen molar-refractivity contribution >= 4 is 55.0 Å². The van der Waals surface area contributed by atoms with Crippen molar-refractivity contribution in [1.82, 2.24) is 19.9 Å². The fourth-order valence-corrected chi connectivity index (χ4v) is 5.67. The van der Waals surface area contributed by atoms with Crippen LogP contribution >= 0.6 is 11.3 Å². The number of thiophene rings is 1. The summed E-state index contributed by atoms with van der Waals surface area (Å²) in [5.74, 6) is 0.0642. The second-order valence-corrected chi connectivity index (χ2v) is 11.0. The molecule has 0 aliphatic carbocycles. The quantitative estimate of drug-likeness (QED) is 0.258. The average molecular weight is 547 g/mol. The first-order valence-electron chi connectivity index (χ1n) is 11.4. The zero-order valence-corrected chi connectivity index (χ0v) is 22.0. The Hall–Kier alpha value is -4.42. The molecule has 2 N–H and O–H groups in total. The first-order valence-corrected chi connectivity index (χ1v) is 13.7. The summed E-state index contributed by atoms with van der Waals surface area (Å²) in [6, 6.07) is 17.3. The third-order valence-corrected chi connectivity index (χ3v) is 8.10. The van der Waals surface area contributed by atoms with Crippen LogP contribution < -0.4 is 10.0 Å². The highest BCUT2D eigenvalue weighted by Gasteiger charge is 2.21. The Morgan fingerprint density at radius 3 is 2.47 bits per heavy atom. The first-order chi connectivity index (χ1) is 18.3. The summed E-state index contributed by atoms with van der Waals surface area (Å²) in [5.41, 5.74) is 2.85. The van der Waals surface area contributed by atoms with Gasteiger partial charge in [0.1, 0.15) is 28.5 Å². The van der Waals surface area contributed by atoms with Crippen molar-refractivity contribution in [2.45, 2.75) is 25.3 Å². The fourth-order valence-electron chi connectivity index (χ4n) is 3.68. The van der Waals surface area contributed by atoms with Gasteiger partial charge in [-0.3, -0.25) is 0 Å². The van der Waals surface area contributed by atoms with Gasteiger partial charge < -0.3 is 10.1 Å². The van der Waals surface area contributed by atoms with Crippen LogP contribution in [0.4, 0.5) is 17.5 Å². The lowest BCUT2D eigenvalue weighted by Gasteiger charge is -2.10. The van der Waals surface area contributed by atoms with Gasteiger partial charge in [0.05, 0.1) is 10.3 Å². The molecule has 3 aromatic heterocycles. The SMILES string of the molecule is Cc1ccnc(NS(=O)(=O)c2ccc(Nc3ncnc4sc(C(=O)OCc5ccccc5)c(C)c34)cc2)n1. The van der Waals surface area contributed by atoms with E-state index in [9.17, 15) is 13.2 Å². The van der Waals surface area contributed by atoms with Crippen LogP contribution in [0.15, 0.2) is 78.1 Å². The van der Waals surface area contributed by atoms with Crippen molar-refractivity contribution in [2.24, 2.45) is 0 Å². The maximum atomic E-state index is 12.8. The van der Waals surface area contributed by atoms with Crippen molar-refractivity contribution in [1.29, 1.82) is 0 Å². The number of aryl methyl sites for hydroxylation is 2. The van der Waals surface area contributed by atoms with Crippen molar-refractivity contribution in [3.8, 4) is 0 Å². The molecule has 0 amide bonds. The molecule has 10 nitrogen and oxygen atoms in total. The third kappa shape index (κ3) is 5.45. The zero-order valence-electron chi connectivity index (χ0n) is 20.4. The lowest BCUT2D eigenvalue weighted by Crippen LogP contribution is -2.15. The molecule has 0 radical (unpaired) electrons. The van der Waals surface area contributed by atoms with Crippen molar-refractivity contribution in [3.63, 3.8) is 0 Å². The van der Waals surface area contributed by atoms with E-state index in [1.165, 1.54) is 36.0 Å². The summed E-state index contributed by atoms with van der Waals surface area (Å²) in [4.78, 5) is 30.6. The normalized spacial score (nSPS) is 11.3. The van der Waals surface area contributed by atoms with E-state index < -0.39 is 16.0 Å². The van der Waals surface area contributed by atoms with Crippen molar-refractivity contribution in [2.75, 3.05) is 10.0 Å². The predicted molar refractivity (Wildman–Crippen MR) is 145 cm³/mol. The van der Waals surface area contributed by atoms with E-state index in [4.69, 9.17) is 4.74 Å². The first kappa shape index (κ1) is 25.2. The Kier molecular flexibility index (Phi) is 6.99. The van der Waals surface area contributed by atoms with Gasteiger partial charge in [0.25, 0.3) is 10.0 Å². The van der Waals surface area contributed by atoms with Gasteiger partial charge >= 0.3 is 5.97 Å². The highest BCUT2D eigenvalue weighted by molar-refractivity contribution is 7.92. The number of anilines is 3. The fraction of sp³-hybridized carbons (Fsp3) is 0.115. The second-order valence-electron chi connectivity index (χ2n) is 8.30. The molecule has 0 spiro atoms. The topological polar surface area (TPSA) is 136 Å². The summed E-state index contributed by atoms with van der Waals surface area (Å²) in [7, 11) is -3.87. The van der Waals surface area contributed by atoms with Gasteiger partial charge in [-0.15, -0.1) is 11.3 Å². The Balaban J connectivity index is 1.34. The molecule has 192 valence electrons. The molecule has 0 aliphatic rings. The standard InChI is InChI=1S/C26H22N6O4S2/c1-16-12-13-27-26(30-16)32-38(34,35)20-10-8-19(9-11-20)31-23-21-17(2)22(37-24(21)29-15-28-23)25(33)36-14-18-6-4-3-5-7-18/h3-13,15H,14H2,1-2H3,(H,27,30,32)(H,28,29,31). The van der Waals surface area contributed by atoms with Crippen molar-refractivity contribution < 1.29 is 17.9 Å². The monoisotopic (exact) mass is 546 g/mol. The number of fused-ring (bicyclic) bond motifs is 1. The van der Waals surface area contributed by atoms with Crippen LogP contribution in [0.25, 0.3) is 10.2 Å². The van der Waals surface area contributed by atoms with Gasteiger partial charge in [-0.25, -0.2) is 37.9 Å². The molecule has 3 heterocycles. The molecule has 12 heteroatoms. The molecule has 0 unspecified atom stereocenters. The van der Waals surface area contributed by atoms with Crippen LogP contribution in [-0.4, -0.2) is 34.3 Å². The number of ether oxygens (including phenoxy) is 1. The Bertz CT molecular complexity index is 1720. The summed E-state index contributed by atoms with van der Waals surface area (Å²) in [6.07, 6.45) is 2.89. The Morgan fingerprint density at radius 2 is 1.74 bits per heavy atom. The smallest absolute Gasteiger partial charge is 0.349 e. The zero-order chi connectivity index (χ0) is 26.7. The minimum atomic E-state index is -3.87. The number of nitrogens with zero attached hydrogens (tertiary/aromatic N) is 4. The molecule has 0 saturated heterocycles. The van der Waals surface area contributed by atoms with E-state index in [2.05, 4.69) is 30.0 Å². The third-order valence-electron chi connectivity index (χ3n) is 5.57. The summed E-state index contributed by atoms with van der Waals surface area (Å²) in [6.45, 7) is 3.74. The van der Waals surface area contributed by atoms with E-state index in [0.29, 0.717) is 37.9 Å². The Labute approximate surface area is 222 Å². The lowest BCUT2D eigenvalue weighted by atomic mass is 10.2. The molecule has 2 aromatic carbocycles. The minimum absolute atomic E-state index is 0.00149. The number of sulfonamides is 1. The van der Waals surface area contributed by atoms with Crippen LogP contribution in [-0.2, 0) is 21.4 Å². The van der Waals surface area contributed by atoms with Gasteiger partial charge in [0, 0.05) is 17.6 Å². The Morgan fingerprint density at radius 1 is 0.974 bits per heavy atom. The number of carbonyl (C=O) groups is 1. The molecule has 0 atom stereocenters.